The number of hydrogen-bond donors (Lipinski definition) is 4. The first-order valence-electron chi connectivity index (χ1n) is 5.75. The van der Waals surface area contributed by atoms with Crippen molar-refractivity contribution in [2.45, 2.75) is 32.4 Å². The number of hydrogen-bond acceptors (Lipinski definition) is 5. The van der Waals surface area contributed by atoms with Gasteiger partial charge in [-0.15, -0.1) is 0 Å². The molecule has 18 heavy (non-hydrogen) atoms. The smallest absolute Gasteiger partial charge is 0.242 e. The summed E-state index contributed by atoms with van der Waals surface area (Å²) >= 11 is 0. The van der Waals surface area contributed by atoms with E-state index < -0.39 is 11.6 Å². The highest BCUT2D eigenvalue weighted by Crippen LogP contribution is 2.15. The third kappa shape index (κ3) is 4.31. The molecule has 0 radical (unpaired) electrons. The van der Waals surface area contributed by atoms with Crippen LogP contribution in [0.2, 0.25) is 0 Å². The van der Waals surface area contributed by atoms with Crippen LogP contribution in [0.25, 0.3) is 0 Å². The van der Waals surface area contributed by atoms with E-state index in [1.807, 2.05) is 13.8 Å². The second-order valence-corrected chi connectivity index (χ2v) is 4.88. The Labute approximate surface area is 107 Å². The quantitative estimate of drug-likeness (QED) is 0.613. The highest BCUT2D eigenvalue weighted by molar-refractivity contribution is 5.93. The number of nitrogens with two attached hydrogens (primary N) is 1. The molecule has 1 aromatic heterocycles. The molecular weight excluding hydrogens is 232 g/mol. The number of pyridine rings is 1. The number of aromatic nitrogens is 1. The van der Waals surface area contributed by atoms with Crippen LogP contribution in [0, 0.1) is 0 Å². The van der Waals surface area contributed by atoms with Crippen LogP contribution in [0.4, 0.5) is 11.5 Å². The molecule has 0 aliphatic rings. The van der Waals surface area contributed by atoms with Crippen LogP contribution >= 0.6 is 0 Å². The Hall–Kier alpha value is -1.66. The Morgan fingerprint density at radius 3 is 2.67 bits per heavy atom. The number of nitrogens with zero attached hydrogens (tertiary/aromatic N) is 1. The lowest BCUT2D eigenvalue weighted by atomic mass is 10.1. The summed E-state index contributed by atoms with van der Waals surface area (Å²) in [6.07, 6.45) is 1.59. The van der Waals surface area contributed by atoms with Gasteiger partial charge in [-0.2, -0.15) is 0 Å². The maximum atomic E-state index is 11.3. The van der Waals surface area contributed by atoms with Gasteiger partial charge in [-0.05, 0) is 32.9 Å². The fraction of sp³-hybridized carbons (Fsp3) is 0.500. The number of nitrogens with one attached hydrogen (secondary N) is 2. The predicted molar refractivity (Wildman–Crippen MR) is 71.3 cm³/mol. The molecule has 0 saturated carbocycles. The van der Waals surface area contributed by atoms with Crippen LogP contribution in [0.5, 0.6) is 0 Å². The van der Waals surface area contributed by atoms with Crippen molar-refractivity contribution in [1.29, 1.82) is 0 Å². The first-order valence-corrected chi connectivity index (χ1v) is 5.75. The van der Waals surface area contributed by atoms with Crippen molar-refractivity contribution in [3.05, 3.63) is 18.3 Å². The van der Waals surface area contributed by atoms with Crippen molar-refractivity contribution in [3.63, 3.8) is 0 Å². The summed E-state index contributed by atoms with van der Waals surface area (Å²) in [5.74, 6) is 0.170. The Morgan fingerprint density at radius 1 is 1.56 bits per heavy atom. The summed E-state index contributed by atoms with van der Waals surface area (Å²) < 4.78 is 0. The van der Waals surface area contributed by atoms with Gasteiger partial charge in [-0.25, -0.2) is 4.98 Å². The monoisotopic (exact) mass is 252 g/mol. The van der Waals surface area contributed by atoms with Gasteiger partial charge in [0.2, 0.25) is 5.91 Å². The Bertz CT molecular complexity index is 401. The molecule has 6 nitrogen and oxygen atoms in total. The number of amides is 1. The van der Waals surface area contributed by atoms with Crippen molar-refractivity contribution in [2.75, 3.05) is 17.2 Å². The summed E-state index contributed by atoms with van der Waals surface area (Å²) in [5, 5.41) is 14.9. The van der Waals surface area contributed by atoms with E-state index >= 15 is 0 Å². The van der Waals surface area contributed by atoms with Crippen LogP contribution in [-0.2, 0) is 4.79 Å². The summed E-state index contributed by atoms with van der Waals surface area (Å²) in [4.78, 5) is 15.4. The lowest BCUT2D eigenvalue weighted by molar-refractivity contribution is -0.117. The van der Waals surface area contributed by atoms with Crippen LogP contribution in [-0.4, -0.2) is 34.2 Å². The van der Waals surface area contributed by atoms with Crippen LogP contribution < -0.4 is 16.4 Å². The predicted octanol–water partition coefficient (Wildman–Crippen LogP) is 0.550. The van der Waals surface area contributed by atoms with Crippen molar-refractivity contribution in [3.8, 4) is 0 Å². The molecule has 1 aromatic rings. The summed E-state index contributed by atoms with van der Waals surface area (Å²) in [6.45, 7) is 5.36. The third-order valence-electron chi connectivity index (χ3n) is 2.31. The average Bonchev–Trinajstić information content (AvgIpc) is 2.31. The molecule has 0 aliphatic carbocycles. The SMILES string of the molecule is CC(N)C(=O)Nc1ccc(NC(C)(C)CO)cn1. The van der Waals surface area contributed by atoms with E-state index in [1.165, 1.54) is 0 Å². The molecular formula is C12H20N4O2. The number of aliphatic hydroxyl groups excluding tert-OH is 1. The van der Waals surface area contributed by atoms with Gasteiger partial charge in [-0.3, -0.25) is 4.79 Å². The molecule has 0 bridgehead atoms. The van der Waals surface area contributed by atoms with E-state index in [0.717, 1.165) is 5.69 Å². The Balaban J connectivity index is 2.66. The molecule has 0 aliphatic heterocycles. The minimum absolute atomic E-state index is 0.0101. The van der Waals surface area contributed by atoms with E-state index in [-0.39, 0.29) is 12.5 Å². The highest BCUT2D eigenvalue weighted by Gasteiger charge is 2.15. The topological polar surface area (TPSA) is 100 Å². The lowest BCUT2D eigenvalue weighted by Crippen LogP contribution is -2.35. The van der Waals surface area contributed by atoms with Crippen molar-refractivity contribution < 1.29 is 9.90 Å². The minimum atomic E-state index is -0.571. The Kier molecular flexibility index (Phi) is 4.63. The molecule has 1 heterocycles. The molecule has 0 saturated heterocycles. The first-order chi connectivity index (χ1) is 8.34. The lowest BCUT2D eigenvalue weighted by Gasteiger charge is -2.24. The van der Waals surface area contributed by atoms with Gasteiger partial charge in [0.25, 0.3) is 0 Å². The summed E-state index contributed by atoms with van der Waals surface area (Å²) in [6, 6.07) is 2.88. The molecule has 1 unspecified atom stereocenters. The van der Waals surface area contributed by atoms with E-state index in [0.29, 0.717) is 5.82 Å². The molecule has 5 N–H and O–H groups in total. The molecule has 0 aromatic carbocycles. The van der Waals surface area contributed by atoms with Gasteiger partial charge in [0.1, 0.15) is 5.82 Å². The normalized spacial score (nSPS) is 12.9. The number of carbonyl (C=O) groups is 1. The highest BCUT2D eigenvalue weighted by atomic mass is 16.3. The fourth-order valence-electron chi connectivity index (χ4n) is 1.21. The maximum absolute atomic E-state index is 11.3. The zero-order chi connectivity index (χ0) is 13.8. The van der Waals surface area contributed by atoms with Crippen molar-refractivity contribution >= 4 is 17.4 Å². The van der Waals surface area contributed by atoms with Gasteiger partial charge in [0, 0.05) is 0 Å². The van der Waals surface area contributed by atoms with Crippen LogP contribution in [0.1, 0.15) is 20.8 Å². The van der Waals surface area contributed by atoms with Gasteiger partial charge in [-0.1, -0.05) is 0 Å². The molecule has 100 valence electrons. The molecule has 1 amide bonds. The number of anilines is 2. The molecule has 0 spiro atoms. The number of aliphatic hydroxyl groups is 1. The summed E-state index contributed by atoms with van der Waals surface area (Å²) in [5.41, 5.74) is 5.79. The molecule has 1 rings (SSSR count). The fourth-order valence-corrected chi connectivity index (χ4v) is 1.21. The van der Waals surface area contributed by atoms with E-state index in [4.69, 9.17) is 10.8 Å². The van der Waals surface area contributed by atoms with Crippen molar-refractivity contribution in [1.82, 2.24) is 4.98 Å². The van der Waals surface area contributed by atoms with E-state index in [9.17, 15) is 4.79 Å². The van der Waals surface area contributed by atoms with Gasteiger partial charge < -0.3 is 21.5 Å². The number of rotatable bonds is 5. The van der Waals surface area contributed by atoms with Gasteiger partial charge >= 0.3 is 0 Å². The maximum Gasteiger partial charge on any atom is 0.242 e. The minimum Gasteiger partial charge on any atom is -0.394 e. The molecule has 1 atom stereocenters. The van der Waals surface area contributed by atoms with Crippen LogP contribution in [0.15, 0.2) is 18.3 Å². The van der Waals surface area contributed by atoms with Gasteiger partial charge in [0.15, 0.2) is 0 Å². The summed E-state index contributed by atoms with van der Waals surface area (Å²) in [7, 11) is 0. The largest absolute Gasteiger partial charge is 0.394 e. The average molecular weight is 252 g/mol. The third-order valence-corrected chi connectivity index (χ3v) is 2.31. The Morgan fingerprint density at radius 2 is 2.22 bits per heavy atom. The molecule has 0 fully saturated rings. The van der Waals surface area contributed by atoms with Crippen LogP contribution in [0.3, 0.4) is 0 Å². The van der Waals surface area contributed by atoms with E-state index in [1.54, 1.807) is 25.3 Å². The first kappa shape index (κ1) is 14.4. The van der Waals surface area contributed by atoms with E-state index in [2.05, 4.69) is 15.6 Å². The zero-order valence-electron chi connectivity index (χ0n) is 10.9. The van der Waals surface area contributed by atoms with Crippen molar-refractivity contribution in [2.24, 2.45) is 5.73 Å². The second-order valence-electron chi connectivity index (χ2n) is 4.88. The van der Waals surface area contributed by atoms with Gasteiger partial charge in [0.05, 0.1) is 30.1 Å². The standard InChI is InChI=1S/C12H20N4O2/c1-8(13)11(18)15-10-5-4-9(6-14-10)16-12(2,3)7-17/h4-6,8,16-17H,7,13H2,1-3H3,(H,14,15,18). The molecule has 6 heteroatoms. The number of carbonyl (C=O) groups excluding carboxylic acids is 1. The zero-order valence-corrected chi connectivity index (χ0v) is 10.9. The second kappa shape index (κ2) is 5.79.